The molecule has 0 spiro atoms. The lowest BCUT2D eigenvalue weighted by molar-refractivity contribution is -0.130. The molecule has 1 rings (SSSR count). The van der Waals surface area contributed by atoms with Crippen LogP contribution in [0.5, 0.6) is 0 Å². The molecule has 4 heteroatoms. The van der Waals surface area contributed by atoms with Gasteiger partial charge in [-0.15, -0.1) is 0 Å². The van der Waals surface area contributed by atoms with Crippen molar-refractivity contribution in [2.75, 3.05) is 32.8 Å². The third-order valence-electron chi connectivity index (χ3n) is 3.66. The zero-order chi connectivity index (χ0) is 14.1. The maximum absolute atomic E-state index is 12.3. The summed E-state index contributed by atoms with van der Waals surface area (Å²) in [6.45, 7) is 10.5. The molecule has 0 aromatic carbocycles. The highest BCUT2D eigenvalue weighted by atomic mass is 16.5. The Morgan fingerprint density at radius 2 is 2.26 bits per heavy atom. The summed E-state index contributed by atoms with van der Waals surface area (Å²) in [7, 11) is 0. The first-order chi connectivity index (χ1) is 9.10. The van der Waals surface area contributed by atoms with Gasteiger partial charge in [0.05, 0.1) is 5.41 Å². The number of hydrogen-bond acceptors (Lipinski definition) is 3. The molecule has 19 heavy (non-hydrogen) atoms. The molecule has 1 amide bonds. The average molecular weight is 270 g/mol. The Kier molecular flexibility index (Phi) is 7.39. The summed E-state index contributed by atoms with van der Waals surface area (Å²) in [6, 6.07) is 0. The highest BCUT2D eigenvalue weighted by molar-refractivity contribution is 5.83. The van der Waals surface area contributed by atoms with E-state index in [4.69, 9.17) is 4.74 Å². The third kappa shape index (κ3) is 5.49. The Morgan fingerprint density at radius 3 is 2.84 bits per heavy atom. The van der Waals surface area contributed by atoms with E-state index >= 15 is 0 Å². The highest BCUT2D eigenvalue weighted by Gasteiger charge is 2.39. The fourth-order valence-electron chi connectivity index (χ4n) is 2.63. The lowest BCUT2D eigenvalue weighted by Crippen LogP contribution is -2.43. The van der Waals surface area contributed by atoms with E-state index in [1.807, 2.05) is 0 Å². The lowest BCUT2D eigenvalue weighted by Gasteiger charge is -2.26. The van der Waals surface area contributed by atoms with Crippen LogP contribution in [0, 0.1) is 11.3 Å². The van der Waals surface area contributed by atoms with E-state index in [0.717, 1.165) is 58.5 Å². The van der Waals surface area contributed by atoms with Gasteiger partial charge in [-0.05, 0) is 31.7 Å². The molecule has 0 bridgehead atoms. The first kappa shape index (κ1) is 16.4. The molecule has 1 atom stereocenters. The van der Waals surface area contributed by atoms with Gasteiger partial charge in [-0.2, -0.15) is 0 Å². The number of carbonyl (C=O) groups excluding carboxylic acids is 1. The quantitative estimate of drug-likeness (QED) is 0.630. The number of rotatable bonds is 9. The van der Waals surface area contributed by atoms with Crippen molar-refractivity contribution in [2.45, 2.75) is 46.5 Å². The minimum absolute atomic E-state index is 0.159. The van der Waals surface area contributed by atoms with Crippen LogP contribution < -0.4 is 10.6 Å². The van der Waals surface area contributed by atoms with Crippen LogP contribution in [0.15, 0.2) is 0 Å². The van der Waals surface area contributed by atoms with E-state index in [2.05, 4.69) is 31.4 Å². The number of nitrogens with one attached hydrogen (secondary N) is 2. The fraction of sp³-hybridized carbons (Fsp3) is 0.933. The second-order valence-corrected chi connectivity index (χ2v) is 6.04. The van der Waals surface area contributed by atoms with E-state index in [-0.39, 0.29) is 11.3 Å². The molecule has 1 fully saturated rings. The highest BCUT2D eigenvalue weighted by Crippen LogP contribution is 2.31. The average Bonchev–Trinajstić information content (AvgIpc) is 2.83. The predicted molar refractivity (Wildman–Crippen MR) is 78.1 cm³/mol. The largest absolute Gasteiger partial charge is 0.381 e. The Bertz CT molecular complexity index is 261. The standard InChI is InChI=1S/C15H30N2O2/c1-4-6-15(7-9-16-12-15)14(18)17-8-5-10-19-11-13(2)3/h13,16H,4-12H2,1-3H3,(H,17,18). The summed E-state index contributed by atoms with van der Waals surface area (Å²) in [5.74, 6) is 0.801. The van der Waals surface area contributed by atoms with Gasteiger partial charge in [0.15, 0.2) is 0 Å². The second-order valence-electron chi connectivity index (χ2n) is 6.04. The van der Waals surface area contributed by atoms with Crippen molar-refractivity contribution in [3.63, 3.8) is 0 Å². The first-order valence-electron chi connectivity index (χ1n) is 7.67. The fourth-order valence-corrected chi connectivity index (χ4v) is 2.63. The molecule has 0 aliphatic carbocycles. The SMILES string of the molecule is CCCC1(C(=O)NCCCOCC(C)C)CCNC1. The molecule has 0 aromatic heterocycles. The molecule has 1 heterocycles. The van der Waals surface area contributed by atoms with E-state index in [1.54, 1.807) is 0 Å². The van der Waals surface area contributed by atoms with Gasteiger partial charge >= 0.3 is 0 Å². The van der Waals surface area contributed by atoms with Gasteiger partial charge in [-0.3, -0.25) is 4.79 Å². The molecular formula is C15H30N2O2. The normalized spacial score (nSPS) is 22.9. The molecular weight excluding hydrogens is 240 g/mol. The van der Waals surface area contributed by atoms with Gasteiger partial charge in [0.25, 0.3) is 0 Å². The smallest absolute Gasteiger partial charge is 0.227 e. The molecule has 112 valence electrons. The number of hydrogen-bond donors (Lipinski definition) is 2. The summed E-state index contributed by atoms with van der Waals surface area (Å²) in [5.41, 5.74) is -0.159. The van der Waals surface area contributed by atoms with E-state index in [9.17, 15) is 4.79 Å². The summed E-state index contributed by atoms with van der Waals surface area (Å²) in [4.78, 5) is 12.3. The monoisotopic (exact) mass is 270 g/mol. The van der Waals surface area contributed by atoms with E-state index < -0.39 is 0 Å². The van der Waals surface area contributed by atoms with Crippen molar-refractivity contribution < 1.29 is 9.53 Å². The van der Waals surface area contributed by atoms with Crippen LogP contribution in [0.2, 0.25) is 0 Å². The number of carbonyl (C=O) groups is 1. The predicted octanol–water partition coefficient (Wildman–Crippen LogP) is 1.95. The molecule has 0 aromatic rings. The van der Waals surface area contributed by atoms with Crippen LogP contribution in [-0.4, -0.2) is 38.8 Å². The maximum atomic E-state index is 12.3. The minimum atomic E-state index is -0.159. The van der Waals surface area contributed by atoms with Gasteiger partial charge in [0, 0.05) is 26.3 Å². The molecule has 0 saturated carbocycles. The Hall–Kier alpha value is -0.610. The van der Waals surface area contributed by atoms with Crippen molar-refractivity contribution in [1.82, 2.24) is 10.6 Å². The zero-order valence-corrected chi connectivity index (χ0v) is 12.8. The van der Waals surface area contributed by atoms with Crippen LogP contribution >= 0.6 is 0 Å². The second kappa shape index (κ2) is 8.54. The molecule has 0 radical (unpaired) electrons. The van der Waals surface area contributed by atoms with Crippen LogP contribution in [0.4, 0.5) is 0 Å². The van der Waals surface area contributed by atoms with Crippen molar-refractivity contribution in [3.8, 4) is 0 Å². The summed E-state index contributed by atoms with van der Waals surface area (Å²) in [6.07, 6.45) is 3.91. The summed E-state index contributed by atoms with van der Waals surface area (Å²) < 4.78 is 5.51. The first-order valence-corrected chi connectivity index (χ1v) is 7.67. The Labute approximate surface area is 117 Å². The van der Waals surface area contributed by atoms with Gasteiger partial charge in [-0.1, -0.05) is 27.2 Å². The van der Waals surface area contributed by atoms with Crippen LogP contribution in [0.1, 0.15) is 46.5 Å². The molecule has 1 unspecified atom stereocenters. The molecule has 4 nitrogen and oxygen atoms in total. The van der Waals surface area contributed by atoms with Gasteiger partial charge in [0.1, 0.15) is 0 Å². The molecule has 1 aliphatic heterocycles. The van der Waals surface area contributed by atoms with Crippen LogP contribution in [-0.2, 0) is 9.53 Å². The topological polar surface area (TPSA) is 50.4 Å². The molecule has 1 aliphatic rings. The Balaban J connectivity index is 2.18. The van der Waals surface area contributed by atoms with Gasteiger partial charge in [-0.25, -0.2) is 0 Å². The van der Waals surface area contributed by atoms with Crippen LogP contribution in [0.25, 0.3) is 0 Å². The maximum Gasteiger partial charge on any atom is 0.227 e. The van der Waals surface area contributed by atoms with Gasteiger partial charge in [0.2, 0.25) is 5.91 Å². The molecule has 1 saturated heterocycles. The van der Waals surface area contributed by atoms with Crippen molar-refractivity contribution in [1.29, 1.82) is 0 Å². The van der Waals surface area contributed by atoms with Crippen molar-refractivity contribution >= 4 is 5.91 Å². The third-order valence-corrected chi connectivity index (χ3v) is 3.66. The summed E-state index contributed by atoms with van der Waals surface area (Å²) in [5, 5.41) is 6.40. The molecule has 2 N–H and O–H groups in total. The number of ether oxygens (including phenoxy) is 1. The van der Waals surface area contributed by atoms with Crippen molar-refractivity contribution in [2.24, 2.45) is 11.3 Å². The van der Waals surface area contributed by atoms with E-state index in [0.29, 0.717) is 5.92 Å². The zero-order valence-electron chi connectivity index (χ0n) is 12.8. The van der Waals surface area contributed by atoms with Crippen LogP contribution in [0.3, 0.4) is 0 Å². The van der Waals surface area contributed by atoms with Gasteiger partial charge < -0.3 is 15.4 Å². The lowest BCUT2D eigenvalue weighted by atomic mass is 9.81. The van der Waals surface area contributed by atoms with Crippen molar-refractivity contribution in [3.05, 3.63) is 0 Å². The number of amides is 1. The summed E-state index contributed by atoms with van der Waals surface area (Å²) >= 11 is 0. The Morgan fingerprint density at radius 1 is 1.47 bits per heavy atom. The minimum Gasteiger partial charge on any atom is -0.381 e. The van der Waals surface area contributed by atoms with E-state index in [1.165, 1.54) is 0 Å².